The Hall–Kier alpha value is -2.46. The van der Waals surface area contributed by atoms with E-state index in [0.29, 0.717) is 30.1 Å². The number of hydrogen-bond donors (Lipinski definition) is 2. The van der Waals surface area contributed by atoms with Crippen LogP contribution in [0.1, 0.15) is 55.2 Å². The lowest BCUT2D eigenvalue weighted by Crippen LogP contribution is -2.43. The summed E-state index contributed by atoms with van der Waals surface area (Å²) in [6.07, 6.45) is 8.16. The Morgan fingerprint density at radius 2 is 1.97 bits per heavy atom. The molecule has 158 valence electrons. The van der Waals surface area contributed by atoms with Gasteiger partial charge in [0.1, 0.15) is 11.5 Å². The standard InChI is InChI=1S/C26H31NO3/c1-26-14-13-22-21-10-6-19(28)15-18(21)5-9-23(22)24(26)11-12-25(26)27-30-16-17-3-7-20(29-2)8-4-17/h3-4,6-8,10,12,15,22-24,27-28H,5,9,11,13-14,16H2,1-2H3/t22-,23-,24+,26+/m1/s1. The highest BCUT2D eigenvalue weighted by Gasteiger charge is 2.52. The van der Waals surface area contributed by atoms with Crippen LogP contribution in [-0.2, 0) is 17.9 Å². The van der Waals surface area contributed by atoms with Crippen LogP contribution in [-0.4, -0.2) is 12.2 Å². The summed E-state index contributed by atoms with van der Waals surface area (Å²) < 4.78 is 5.22. The Morgan fingerprint density at radius 3 is 2.77 bits per heavy atom. The third-order valence-corrected chi connectivity index (χ3v) is 7.87. The molecule has 0 radical (unpaired) electrons. The van der Waals surface area contributed by atoms with E-state index in [1.165, 1.54) is 36.1 Å². The molecule has 4 atom stereocenters. The third-order valence-electron chi connectivity index (χ3n) is 7.87. The molecule has 5 rings (SSSR count). The SMILES string of the molecule is COc1ccc(CONC2=CC[C@H]3[C@@H]4CCc5cc(O)ccc5[C@H]4CC[C@]23C)cc1. The number of aryl methyl sites for hydroxylation is 1. The van der Waals surface area contributed by atoms with Crippen LogP contribution in [0.3, 0.4) is 0 Å². The first kappa shape index (κ1) is 19.5. The van der Waals surface area contributed by atoms with Gasteiger partial charge in [-0.1, -0.05) is 31.2 Å². The Bertz CT molecular complexity index is 951. The van der Waals surface area contributed by atoms with E-state index in [-0.39, 0.29) is 5.41 Å². The summed E-state index contributed by atoms with van der Waals surface area (Å²) in [6.45, 7) is 2.95. The van der Waals surface area contributed by atoms with Crippen molar-refractivity contribution in [3.05, 3.63) is 70.9 Å². The fraction of sp³-hybridized carbons (Fsp3) is 0.462. The lowest BCUT2D eigenvalue weighted by Gasteiger charge is -2.50. The molecule has 3 aliphatic rings. The number of aromatic hydroxyl groups is 1. The quantitative estimate of drug-likeness (QED) is 0.648. The van der Waals surface area contributed by atoms with Gasteiger partial charge in [0.2, 0.25) is 0 Å². The van der Waals surface area contributed by atoms with E-state index in [9.17, 15) is 5.11 Å². The number of nitrogens with one attached hydrogen (secondary N) is 1. The van der Waals surface area contributed by atoms with Crippen molar-refractivity contribution in [2.45, 2.75) is 51.6 Å². The lowest BCUT2D eigenvalue weighted by atomic mass is 9.55. The molecule has 2 aromatic rings. The number of ether oxygens (including phenoxy) is 1. The van der Waals surface area contributed by atoms with Crippen LogP contribution in [0.15, 0.2) is 54.2 Å². The molecule has 0 amide bonds. The van der Waals surface area contributed by atoms with Crippen molar-refractivity contribution in [1.29, 1.82) is 0 Å². The van der Waals surface area contributed by atoms with E-state index >= 15 is 0 Å². The van der Waals surface area contributed by atoms with Crippen LogP contribution in [0.5, 0.6) is 11.5 Å². The van der Waals surface area contributed by atoms with Crippen LogP contribution in [0.4, 0.5) is 0 Å². The summed E-state index contributed by atoms with van der Waals surface area (Å²) in [5.74, 6) is 3.25. The van der Waals surface area contributed by atoms with Crippen LogP contribution >= 0.6 is 0 Å². The van der Waals surface area contributed by atoms with Crippen molar-refractivity contribution in [2.75, 3.05) is 7.11 Å². The monoisotopic (exact) mass is 405 g/mol. The number of hydrogen-bond acceptors (Lipinski definition) is 4. The Morgan fingerprint density at radius 1 is 1.13 bits per heavy atom. The van der Waals surface area contributed by atoms with Crippen LogP contribution < -0.4 is 10.2 Å². The van der Waals surface area contributed by atoms with Gasteiger partial charge in [0.25, 0.3) is 0 Å². The number of methoxy groups -OCH3 is 1. The van der Waals surface area contributed by atoms with Crippen molar-refractivity contribution < 1.29 is 14.7 Å². The van der Waals surface area contributed by atoms with Crippen molar-refractivity contribution in [1.82, 2.24) is 5.48 Å². The van der Waals surface area contributed by atoms with E-state index < -0.39 is 0 Å². The number of allylic oxidation sites excluding steroid dienone is 2. The lowest BCUT2D eigenvalue weighted by molar-refractivity contribution is 0.00759. The first-order valence-corrected chi connectivity index (χ1v) is 11.1. The predicted molar refractivity (Wildman–Crippen MR) is 117 cm³/mol. The second-order valence-electron chi connectivity index (χ2n) is 9.35. The van der Waals surface area contributed by atoms with Crippen LogP contribution in [0.25, 0.3) is 0 Å². The van der Waals surface area contributed by atoms with Crippen LogP contribution in [0.2, 0.25) is 0 Å². The Balaban J connectivity index is 1.25. The van der Waals surface area contributed by atoms with Gasteiger partial charge < -0.3 is 9.84 Å². The minimum Gasteiger partial charge on any atom is -0.508 e. The molecule has 1 saturated carbocycles. The molecule has 3 aliphatic carbocycles. The summed E-state index contributed by atoms with van der Waals surface area (Å²) in [6, 6.07) is 14.0. The molecule has 0 unspecified atom stereocenters. The van der Waals surface area contributed by atoms with E-state index in [0.717, 1.165) is 24.2 Å². The first-order valence-electron chi connectivity index (χ1n) is 11.1. The number of benzene rings is 2. The largest absolute Gasteiger partial charge is 0.508 e. The number of fused-ring (bicyclic) bond motifs is 5. The molecule has 0 bridgehead atoms. The summed E-state index contributed by atoms with van der Waals surface area (Å²) in [7, 11) is 1.68. The second kappa shape index (κ2) is 7.66. The average Bonchev–Trinajstić information content (AvgIpc) is 3.10. The molecular formula is C26H31NO3. The normalized spacial score (nSPS) is 29.4. The van der Waals surface area contributed by atoms with E-state index in [2.05, 4.69) is 24.5 Å². The third kappa shape index (κ3) is 3.27. The number of phenols is 1. The van der Waals surface area contributed by atoms with E-state index in [4.69, 9.17) is 9.57 Å². The van der Waals surface area contributed by atoms with Crippen molar-refractivity contribution >= 4 is 0 Å². The molecule has 0 spiro atoms. The van der Waals surface area contributed by atoms with Gasteiger partial charge in [-0.15, -0.1) is 0 Å². The summed E-state index contributed by atoms with van der Waals surface area (Å²) in [5, 5.41) is 9.86. The molecule has 0 saturated heterocycles. The molecule has 0 aliphatic heterocycles. The molecule has 4 heteroatoms. The van der Waals surface area contributed by atoms with Gasteiger partial charge in [0, 0.05) is 11.1 Å². The molecule has 0 aromatic heterocycles. The van der Waals surface area contributed by atoms with E-state index in [1.54, 1.807) is 7.11 Å². The summed E-state index contributed by atoms with van der Waals surface area (Å²) in [4.78, 5) is 5.91. The highest BCUT2D eigenvalue weighted by molar-refractivity contribution is 5.41. The Labute approximate surface area is 178 Å². The average molecular weight is 406 g/mol. The fourth-order valence-electron chi connectivity index (χ4n) is 6.21. The number of hydroxylamine groups is 1. The molecular weight excluding hydrogens is 374 g/mol. The maximum absolute atomic E-state index is 9.86. The topological polar surface area (TPSA) is 50.7 Å². The Kier molecular flexibility index (Phi) is 4.98. The molecule has 30 heavy (non-hydrogen) atoms. The predicted octanol–water partition coefficient (Wildman–Crippen LogP) is 5.47. The van der Waals surface area contributed by atoms with Crippen LogP contribution in [0, 0.1) is 17.3 Å². The highest BCUT2D eigenvalue weighted by atomic mass is 16.6. The maximum atomic E-state index is 9.86. The van der Waals surface area contributed by atoms with Gasteiger partial charge in [0.15, 0.2) is 0 Å². The smallest absolute Gasteiger partial charge is 0.118 e. The fourth-order valence-corrected chi connectivity index (χ4v) is 6.21. The minimum absolute atomic E-state index is 0.162. The summed E-state index contributed by atoms with van der Waals surface area (Å²) >= 11 is 0. The molecule has 2 N–H and O–H groups in total. The highest BCUT2D eigenvalue weighted by Crippen LogP contribution is 2.60. The maximum Gasteiger partial charge on any atom is 0.118 e. The van der Waals surface area contributed by atoms with Gasteiger partial charge in [-0.05, 0) is 90.8 Å². The second-order valence-corrected chi connectivity index (χ2v) is 9.35. The van der Waals surface area contributed by atoms with Crippen molar-refractivity contribution in [3.63, 3.8) is 0 Å². The molecule has 0 heterocycles. The van der Waals surface area contributed by atoms with Gasteiger partial charge in [-0.2, -0.15) is 0 Å². The minimum atomic E-state index is 0.162. The first-order chi connectivity index (χ1) is 14.6. The summed E-state index contributed by atoms with van der Waals surface area (Å²) in [5.41, 5.74) is 8.69. The van der Waals surface area contributed by atoms with E-state index in [1.807, 2.05) is 36.4 Å². The van der Waals surface area contributed by atoms with Gasteiger partial charge in [-0.3, -0.25) is 10.3 Å². The van der Waals surface area contributed by atoms with Gasteiger partial charge >= 0.3 is 0 Å². The number of phenolic OH excluding ortho intramolecular Hbond substituents is 1. The van der Waals surface area contributed by atoms with Crippen molar-refractivity contribution in [2.24, 2.45) is 17.3 Å². The van der Waals surface area contributed by atoms with Gasteiger partial charge in [0.05, 0.1) is 13.7 Å². The molecule has 4 nitrogen and oxygen atoms in total. The zero-order chi connectivity index (χ0) is 20.7. The zero-order valence-electron chi connectivity index (χ0n) is 17.9. The van der Waals surface area contributed by atoms with Crippen molar-refractivity contribution in [3.8, 4) is 11.5 Å². The molecule has 1 fully saturated rings. The number of rotatable bonds is 5. The zero-order valence-corrected chi connectivity index (χ0v) is 17.9. The van der Waals surface area contributed by atoms with Gasteiger partial charge in [-0.25, -0.2) is 0 Å². The molecule has 2 aromatic carbocycles.